The summed E-state index contributed by atoms with van der Waals surface area (Å²) in [4.78, 5) is 14.8. The minimum absolute atomic E-state index is 0.171. The first-order valence-electron chi connectivity index (χ1n) is 7.50. The highest BCUT2D eigenvalue weighted by Gasteiger charge is 2.47. The lowest BCUT2D eigenvalue weighted by Crippen LogP contribution is -2.49. The molecule has 22 heavy (non-hydrogen) atoms. The molecule has 1 aromatic heterocycles. The second-order valence-corrected chi connectivity index (χ2v) is 6.57. The van der Waals surface area contributed by atoms with Crippen molar-refractivity contribution < 1.29 is 4.79 Å². The number of hydrogen-bond acceptors (Lipinski definition) is 2. The summed E-state index contributed by atoms with van der Waals surface area (Å²) < 4.78 is 1.75. The summed E-state index contributed by atoms with van der Waals surface area (Å²) in [5, 5.41) is 4.84. The van der Waals surface area contributed by atoms with Gasteiger partial charge < -0.3 is 4.90 Å². The normalized spacial score (nSPS) is 16.1. The lowest BCUT2D eigenvalue weighted by atomic mass is 9.63. The van der Waals surface area contributed by atoms with E-state index in [-0.39, 0.29) is 5.91 Å². The Morgan fingerprint density at radius 1 is 1.45 bits per heavy atom. The highest BCUT2D eigenvalue weighted by atomic mass is 35.5. The van der Waals surface area contributed by atoms with Crippen LogP contribution in [0.25, 0.3) is 0 Å². The Kier molecular flexibility index (Phi) is 3.96. The van der Waals surface area contributed by atoms with Gasteiger partial charge in [0.1, 0.15) is 0 Å². The first kappa shape index (κ1) is 15.1. The number of aryl methyl sites for hydroxylation is 1. The summed E-state index contributed by atoms with van der Waals surface area (Å²) in [7, 11) is 3.74. The van der Waals surface area contributed by atoms with Crippen LogP contribution in [-0.2, 0) is 23.8 Å². The van der Waals surface area contributed by atoms with Gasteiger partial charge in [-0.3, -0.25) is 9.48 Å². The Bertz CT molecular complexity index is 691. The van der Waals surface area contributed by atoms with Gasteiger partial charge in [0, 0.05) is 37.4 Å². The van der Waals surface area contributed by atoms with Gasteiger partial charge in [0.25, 0.3) is 0 Å². The highest BCUT2D eigenvalue weighted by Crippen LogP contribution is 2.45. The van der Waals surface area contributed by atoms with Crippen molar-refractivity contribution >= 4 is 17.5 Å². The van der Waals surface area contributed by atoms with Gasteiger partial charge in [-0.1, -0.05) is 30.2 Å². The van der Waals surface area contributed by atoms with Crippen LogP contribution < -0.4 is 0 Å². The number of nitrogens with zero attached hydrogens (tertiary/aromatic N) is 3. The van der Waals surface area contributed by atoms with Crippen LogP contribution in [-0.4, -0.2) is 27.6 Å². The number of rotatable bonds is 4. The Balaban J connectivity index is 1.82. The predicted molar refractivity (Wildman–Crippen MR) is 86.7 cm³/mol. The Labute approximate surface area is 135 Å². The van der Waals surface area contributed by atoms with Crippen molar-refractivity contribution in [3.63, 3.8) is 0 Å². The van der Waals surface area contributed by atoms with Crippen LogP contribution in [0.15, 0.2) is 36.7 Å². The van der Waals surface area contributed by atoms with Gasteiger partial charge >= 0.3 is 0 Å². The van der Waals surface area contributed by atoms with Gasteiger partial charge in [-0.2, -0.15) is 5.10 Å². The zero-order valence-corrected chi connectivity index (χ0v) is 13.7. The van der Waals surface area contributed by atoms with Crippen LogP contribution in [0.5, 0.6) is 0 Å². The third-order valence-corrected chi connectivity index (χ3v) is 4.75. The molecule has 0 unspecified atom stereocenters. The van der Waals surface area contributed by atoms with Crippen molar-refractivity contribution in [1.82, 2.24) is 14.7 Å². The number of benzene rings is 1. The summed E-state index contributed by atoms with van der Waals surface area (Å²) >= 11 is 6.11. The number of amides is 1. The second kappa shape index (κ2) is 5.76. The lowest BCUT2D eigenvalue weighted by molar-refractivity contribution is -0.140. The zero-order chi connectivity index (χ0) is 15.7. The first-order chi connectivity index (χ1) is 10.5. The first-order valence-corrected chi connectivity index (χ1v) is 7.88. The predicted octanol–water partition coefficient (Wildman–Crippen LogP) is 3.15. The van der Waals surface area contributed by atoms with Crippen LogP contribution >= 0.6 is 11.6 Å². The molecule has 116 valence electrons. The molecule has 1 aliphatic rings. The molecular weight excluding hydrogens is 298 g/mol. The van der Waals surface area contributed by atoms with Crippen molar-refractivity contribution in [2.45, 2.75) is 31.2 Å². The Morgan fingerprint density at radius 3 is 2.77 bits per heavy atom. The van der Waals surface area contributed by atoms with Gasteiger partial charge in [0.15, 0.2) is 0 Å². The number of likely N-dealkylation sites (N-methyl/N-ethyl adjacent to an activating group) is 1. The largest absolute Gasteiger partial charge is 0.341 e. The van der Waals surface area contributed by atoms with Crippen LogP contribution in [0.2, 0.25) is 5.02 Å². The summed E-state index contributed by atoms with van der Waals surface area (Å²) in [6.45, 7) is 0.578. The van der Waals surface area contributed by atoms with Gasteiger partial charge in [-0.15, -0.1) is 0 Å². The van der Waals surface area contributed by atoms with E-state index in [9.17, 15) is 4.79 Å². The minimum Gasteiger partial charge on any atom is -0.341 e. The molecule has 4 nitrogen and oxygen atoms in total. The molecular formula is C17H20ClN3O. The molecule has 0 bridgehead atoms. The number of halogens is 1. The minimum atomic E-state index is -0.401. The molecule has 3 rings (SSSR count). The van der Waals surface area contributed by atoms with Gasteiger partial charge in [-0.25, -0.2) is 0 Å². The standard InChI is InChI=1S/C17H20ClN3O/c1-20(11-13-10-19-21(2)12-13)16(22)17(7-4-8-17)14-5-3-6-15(18)9-14/h3,5-6,9-10,12H,4,7-8,11H2,1-2H3. The van der Waals surface area contributed by atoms with Gasteiger partial charge in [-0.05, 0) is 30.5 Å². The average molecular weight is 318 g/mol. The molecule has 0 saturated heterocycles. The number of hydrogen-bond donors (Lipinski definition) is 0. The maximum absolute atomic E-state index is 13.0. The summed E-state index contributed by atoms with van der Waals surface area (Å²) in [5.74, 6) is 0.171. The van der Waals surface area contributed by atoms with Crippen molar-refractivity contribution in [2.24, 2.45) is 7.05 Å². The molecule has 0 atom stereocenters. The molecule has 5 heteroatoms. The SMILES string of the molecule is CN(Cc1cnn(C)c1)C(=O)C1(c2cccc(Cl)c2)CCC1. The average Bonchev–Trinajstić information content (AvgIpc) is 2.83. The fourth-order valence-corrected chi connectivity index (χ4v) is 3.40. The van der Waals surface area contributed by atoms with Crippen molar-refractivity contribution in [1.29, 1.82) is 0 Å². The van der Waals surface area contributed by atoms with Gasteiger partial charge in [0.05, 0.1) is 11.6 Å². The summed E-state index contributed by atoms with van der Waals surface area (Å²) in [6, 6.07) is 7.71. The number of carbonyl (C=O) groups excluding carboxylic acids is 1. The van der Waals surface area contributed by atoms with E-state index in [2.05, 4.69) is 5.10 Å². The highest BCUT2D eigenvalue weighted by molar-refractivity contribution is 6.30. The second-order valence-electron chi connectivity index (χ2n) is 6.13. The monoisotopic (exact) mass is 317 g/mol. The van der Waals surface area contributed by atoms with E-state index in [0.717, 1.165) is 30.4 Å². The van der Waals surface area contributed by atoms with Crippen molar-refractivity contribution in [2.75, 3.05) is 7.05 Å². The van der Waals surface area contributed by atoms with E-state index in [1.54, 1.807) is 15.8 Å². The zero-order valence-electron chi connectivity index (χ0n) is 12.9. The van der Waals surface area contributed by atoms with E-state index in [4.69, 9.17) is 11.6 Å². The fraction of sp³-hybridized carbons (Fsp3) is 0.412. The van der Waals surface area contributed by atoms with Crippen molar-refractivity contribution in [3.8, 4) is 0 Å². The fourth-order valence-electron chi connectivity index (χ4n) is 3.21. The Morgan fingerprint density at radius 2 is 2.23 bits per heavy atom. The maximum atomic E-state index is 13.0. The van der Waals surface area contributed by atoms with Crippen LogP contribution in [0.1, 0.15) is 30.4 Å². The molecule has 1 aromatic carbocycles. The molecule has 1 aliphatic carbocycles. The van der Waals surface area contributed by atoms with Crippen LogP contribution in [0.4, 0.5) is 0 Å². The molecule has 0 radical (unpaired) electrons. The van der Waals surface area contributed by atoms with E-state index < -0.39 is 5.41 Å². The van der Waals surface area contributed by atoms with Gasteiger partial charge in [0.2, 0.25) is 5.91 Å². The third-order valence-electron chi connectivity index (χ3n) is 4.52. The molecule has 1 fully saturated rings. The van der Waals surface area contributed by atoms with E-state index in [1.165, 1.54) is 0 Å². The molecule has 0 aliphatic heterocycles. The maximum Gasteiger partial charge on any atom is 0.233 e. The van der Waals surface area contributed by atoms with Crippen molar-refractivity contribution in [3.05, 3.63) is 52.8 Å². The van der Waals surface area contributed by atoms with E-state index in [1.807, 2.05) is 44.6 Å². The van der Waals surface area contributed by atoms with E-state index >= 15 is 0 Å². The Hall–Kier alpha value is -1.81. The molecule has 0 N–H and O–H groups in total. The number of aromatic nitrogens is 2. The molecule has 0 spiro atoms. The molecule has 1 heterocycles. The lowest BCUT2D eigenvalue weighted by Gasteiger charge is -2.43. The summed E-state index contributed by atoms with van der Waals surface area (Å²) in [5.41, 5.74) is 1.68. The number of carbonyl (C=O) groups is 1. The quantitative estimate of drug-likeness (QED) is 0.869. The topological polar surface area (TPSA) is 38.1 Å². The molecule has 1 amide bonds. The van der Waals surface area contributed by atoms with Crippen LogP contribution in [0, 0.1) is 0 Å². The molecule has 1 saturated carbocycles. The van der Waals surface area contributed by atoms with Crippen LogP contribution in [0.3, 0.4) is 0 Å². The molecule has 2 aromatic rings. The summed E-state index contributed by atoms with van der Waals surface area (Å²) in [6.07, 6.45) is 6.61. The van der Waals surface area contributed by atoms with E-state index in [0.29, 0.717) is 11.6 Å². The third kappa shape index (κ3) is 2.63. The smallest absolute Gasteiger partial charge is 0.233 e.